The molecular formula is C27H38FN5O4S. The minimum atomic E-state index is -3.60. The van der Waals surface area contributed by atoms with E-state index in [4.69, 9.17) is 4.74 Å². The fraction of sp³-hybridized carbons (Fsp3) is 0.667. The monoisotopic (exact) mass is 547 g/mol. The molecule has 38 heavy (non-hydrogen) atoms. The first-order chi connectivity index (χ1) is 18.1. The van der Waals surface area contributed by atoms with Gasteiger partial charge in [0.1, 0.15) is 18.5 Å². The number of halogens is 1. The summed E-state index contributed by atoms with van der Waals surface area (Å²) in [6.07, 6.45) is 7.08. The smallest absolute Gasteiger partial charge is 0.237 e. The Morgan fingerprint density at radius 2 is 2.05 bits per heavy atom. The molecule has 1 spiro atoms. The fourth-order valence-electron chi connectivity index (χ4n) is 6.23. The van der Waals surface area contributed by atoms with E-state index in [1.807, 2.05) is 19.9 Å². The summed E-state index contributed by atoms with van der Waals surface area (Å²) in [6, 6.07) is 0.0490. The molecule has 5 rings (SSSR count). The van der Waals surface area contributed by atoms with Crippen LogP contribution in [0.5, 0.6) is 0 Å². The Balaban J connectivity index is 1.44. The van der Waals surface area contributed by atoms with Gasteiger partial charge in [-0.05, 0) is 37.0 Å². The third-order valence-electron chi connectivity index (χ3n) is 8.39. The molecule has 0 bridgehead atoms. The number of ether oxygens (including phenoxy) is 1. The number of alkyl halides is 1. The largest absolute Gasteiger partial charge is 0.475 e. The highest BCUT2D eigenvalue weighted by Crippen LogP contribution is 2.58. The molecule has 9 nitrogen and oxygen atoms in total. The van der Waals surface area contributed by atoms with E-state index >= 15 is 4.39 Å². The number of dihydropyridines is 2. The molecule has 1 saturated carbocycles. The van der Waals surface area contributed by atoms with E-state index in [0.29, 0.717) is 24.8 Å². The maximum Gasteiger partial charge on any atom is 0.237 e. The van der Waals surface area contributed by atoms with Crippen molar-refractivity contribution in [3.05, 3.63) is 34.7 Å². The number of sulfonamides is 1. The number of carbonyl (C=O) groups excluding carboxylic acids is 1. The van der Waals surface area contributed by atoms with Crippen LogP contribution in [0.1, 0.15) is 46.5 Å². The van der Waals surface area contributed by atoms with E-state index in [1.54, 1.807) is 31.2 Å². The van der Waals surface area contributed by atoms with E-state index < -0.39 is 27.5 Å². The Bertz CT molecular complexity index is 1250. The summed E-state index contributed by atoms with van der Waals surface area (Å²) >= 11 is 0. The van der Waals surface area contributed by atoms with Crippen LogP contribution in [0.25, 0.3) is 0 Å². The van der Waals surface area contributed by atoms with Crippen molar-refractivity contribution in [2.24, 2.45) is 27.2 Å². The molecule has 0 aromatic rings. The number of rotatable bonds is 8. The molecule has 0 aromatic carbocycles. The number of allylic oxidation sites excluding steroid dienone is 1. The molecule has 4 atom stereocenters. The Kier molecular flexibility index (Phi) is 7.28. The molecular weight excluding hydrogens is 509 g/mol. The summed E-state index contributed by atoms with van der Waals surface area (Å²) < 4.78 is 48.9. The molecule has 4 unspecified atom stereocenters. The molecule has 1 amide bonds. The van der Waals surface area contributed by atoms with Gasteiger partial charge in [0, 0.05) is 44.1 Å². The Morgan fingerprint density at radius 1 is 1.29 bits per heavy atom. The van der Waals surface area contributed by atoms with Crippen LogP contribution in [0.4, 0.5) is 4.39 Å². The predicted octanol–water partition coefficient (Wildman–Crippen LogP) is 2.49. The van der Waals surface area contributed by atoms with Gasteiger partial charge in [0.15, 0.2) is 0 Å². The Hall–Kier alpha value is -2.53. The number of aliphatic imine (C=N–C) groups is 2. The number of hydrogen-bond acceptors (Lipinski definition) is 7. The van der Waals surface area contributed by atoms with E-state index in [0.717, 1.165) is 30.5 Å². The van der Waals surface area contributed by atoms with E-state index in [1.165, 1.54) is 0 Å². The maximum atomic E-state index is 15.6. The molecule has 2 N–H and O–H groups in total. The van der Waals surface area contributed by atoms with Crippen LogP contribution in [0.3, 0.4) is 0 Å². The lowest BCUT2D eigenvalue weighted by atomic mass is 9.59. The van der Waals surface area contributed by atoms with Crippen molar-refractivity contribution >= 4 is 28.0 Å². The van der Waals surface area contributed by atoms with Gasteiger partial charge in [-0.3, -0.25) is 14.5 Å². The SMILES string of the molecule is CCS(=O)(=O)NC1=CC(C2=CC3C4=C(C=NC3CC2F)N(C)C(=O)C42CCC2)CN=C1OCCNC(C)C. The first-order valence-electron chi connectivity index (χ1n) is 13.6. The van der Waals surface area contributed by atoms with Gasteiger partial charge in [-0.15, -0.1) is 0 Å². The van der Waals surface area contributed by atoms with Gasteiger partial charge in [-0.2, -0.15) is 0 Å². The third-order valence-corrected chi connectivity index (χ3v) is 9.68. The molecule has 11 heteroatoms. The Morgan fingerprint density at radius 3 is 2.71 bits per heavy atom. The summed E-state index contributed by atoms with van der Waals surface area (Å²) in [5.74, 6) is -0.348. The average Bonchev–Trinajstić information content (AvgIpc) is 3.09. The summed E-state index contributed by atoms with van der Waals surface area (Å²) in [7, 11) is -1.80. The molecule has 0 saturated heterocycles. The molecule has 3 heterocycles. The number of nitrogens with one attached hydrogen (secondary N) is 2. The van der Waals surface area contributed by atoms with Gasteiger partial charge in [0.05, 0.1) is 29.5 Å². The van der Waals surface area contributed by atoms with Gasteiger partial charge in [0.2, 0.25) is 21.8 Å². The fourth-order valence-corrected chi connectivity index (χ4v) is 6.86. The number of carbonyl (C=O) groups is 1. The van der Waals surface area contributed by atoms with E-state index in [9.17, 15) is 13.2 Å². The van der Waals surface area contributed by atoms with Crippen molar-refractivity contribution in [2.45, 2.75) is 64.7 Å². The molecule has 208 valence electrons. The predicted molar refractivity (Wildman–Crippen MR) is 145 cm³/mol. The van der Waals surface area contributed by atoms with Crippen LogP contribution in [-0.2, 0) is 19.6 Å². The second-order valence-corrected chi connectivity index (χ2v) is 13.1. The standard InChI is InChI=1S/C27H38FN5O4S/c1-5-38(35,36)32-22-11-17(14-31-25(22)37-10-9-29-16(2)3)18-12-19-21(13-20(18)28)30-15-23-24(19)27(7-6-8-27)26(34)33(23)4/h11-12,15-17,19-21,29,32H,5-10,13-14H2,1-4H3. The number of hydrogen-bond donors (Lipinski definition) is 2. The molecule has 5 aliphatic rings. The summed E-state index contributed by atoms with van der Waals surface area (Å²) in [4.78, 5) is 24.1. The Labute approximate surface area is 224 Å². The van der Waals surface area contributed by atoms with Crippen molar-refractivity contribution in [1.82, 2.24) is 14.9 Å². The minimum Gasteiger partial charge on any atom is -0.475 e. The zero-order valence-electron chi connectivity index (χ0n) is 22.5. The van der Waals surface area contributed by atoms with E-state index in [-0.39, 0.29) is 48.2 Å². The van der Waals surface area contributed by atoms with Gasteiger partial charge in [-0.25, -0.2) is 17.8 Å². The van der Waals surface area contributed by atoms with Gasteiger partial charge in [0.25, 0.3) is 0 Å². The van der Waals surface area contributed by atoms with Crippen LogP contribution < -0.4 is 10.0 Å². The van der Waals surface area contributed by atoms with Crippen LogP contribution in [0.15, 0.2) is 44.7 Å². The highest BCUT2D eigenvalue weighted by molar-refractivity contribution is 7.89. The second kappa shape index (κ2) is 10.2. The first-order valence-corrected chi connectivity index (χ1v) is 15.3. The van der Waals surface area contributed by atoms with Gasteiger partial charge < -0.3 is 15.0 Å². The van der Waals surface area contributed by atoms with Gasteiger partial charge in [-0.1, -0.05) is 26.3 Å². The number of fused-ring (bicyclic) bond motifs is 3. The molecule has 0 aromatic heterocycles. The van der Waals surface area contributed by atoms with Crippen LogP contribution >= 0.6 is 0 Å². The van der Waals surface area contributed by atoms with Crippen molar-refractivity contribution in [2.75, 3.05) is 32.5 Å². The van der Waals surface area contributed by atoms with Crippen molar-refractivity contribution in [3.63, 3.8) is 0 Å². The summed E-state index contributed by atoms with van der Waals surface area (Å²) in [5, 5.41) is 3.25. The number of nitrogens with zero attached hydrogens (tertiary/aromatic N) is 3. The van der Waals surface area contributed by atoms with Gasteiger partial charge >= 0.3 is 0 Å². The lowest BCUT2D eigenvalue weighted by Gasteiger charge is -2.44. The number of amides is 1. The summed E-state index contributed by atoms with van der Waals surface area (Å²) in [5.41, 5.74) is 2.26. The lowest BCUT2D eigenvalue weighted by molar-refractivity contribution is -0.138. The zero-order valence-corrected chi connectivity index (χ0v) is 23.4. The van der Waals surface area contributed by atoms with Crippen molar-refractivity contribution in [1.29, 1.82) is 0 Å². The lowest BCUT2D eigenvalue weighted by Crippen LogP contribution is -2.44. The van der Waals surface area contributed by atoms with Crippen molar-refractivity contribution < 1.29 is 22.3 Å². The molecule has 0 radical (unpaired) electrons. The van der Waals surface area contributed by atoms with Crippen LogP contribution in [-0.4, -0.2) is 82.1 Å². The average molecular weight is 548 g/mol. The van der Waals surface area contributed by atoms with Crippen molar-refractivity contribution in [3.8, 4) is 0 Å². The summed E-state index contributed by atoms with van der Waals surface area (Å²) in [6.45, 7) is 6.78. The van der Waals surface area contributed by atoms with Crippen LogP contribution in [0, 0.1) is 17.3 Å². The molecule has 2 aliphatic carbocycles. The highest BCUT2D eigenvalue weighted by atomic mass is 32.2. The quantitative estimate of drug-likeness (QED) is 0.358. The topological polar surface area (TPSA) is 112 Å². The molecule has 3 aliphatic heterocycles. The maximum absolute atomic E-state index is 15.6. The zero-order chi connectivity index (χ0) is 27.2. The normalized spacial score (nSPS) is 30.0. The third kappa shape index (κ3) is 4.72. The second-order valence-electron chi connectivity index (χ2n) is 11.1. The minimum absolute atomic E-state index is 0.103. The van der Waals surface area contributed by atoms with Crippen LogP contribution in [0.2, 0.25) is 0 Å². The molecule has 1 fully saturated rings. The van der Waals surface area contributed by atoms with E-state index in [2.05, 4.69) is 20.0 Å². The first kappa shape index (κ1) is 27.1. The highest BCUT2D eigenvalue weighted by Gasteiger charge is 2.58.